The Morgan fingerprint density at radius 3 is 2.53 bits per heavy atom. The number of likely N-dealkylation sites (tertiary alicyclic amines) is 1. The van der Waals surface area contributed by atoms with Crippen LogP contribution in [-0.4, -0.2) is 36.5 Å². The van der Waals surface area contributed by atoms with Crippen LogP contribution >= 0.6 is 0 Å². The van der Waals surface area contributed by atoms with Crippen LogP contribution < -0.4 is 10.1 Å². The summed E-state index contributed by atoms with van der Waals surface area (Å²) in [6, 6.07) is 8.39. The fraction of sp³-hybridized carbons (Fsp3) is 0.435. The van der Waals surface area contributed by atoms with Crippen molar-refractivity contribution in [2.45, 2.75) is 44.4 Å². The summed E-state index contributed by atoms with van der Waals surface area (Å²) in [5.41, 5.74) is -0.0387. The summed E-state index contributed by atoms with van der Waals surface area (Å²) in [5, 5.41) is 2.96. The van der Waals surface area contributed by atoms with Crippen LogP contribution in [0.15, 0.2) is 42.5 Å². The number of halogens is 5. The largest absolute Gasteiger partial charge is 0.491 e. The van der Waals surface area contributed by atoms with Crippen molar-refractivity contribution >= 4 is 5.91 Å². The van der Waals surface area contributed by atoms with Crippen LogP contribution in [0.2, 0.25) is 0 Å². The predicted molar refractivity (Wildman–Crippen MR) is 109 cm³/mol. The molecule has 0 unspecified atom stereocenters. The second kappa shape index (κ2) is 10.8. The Labute approximate surface area is 183 Å². The van der Waals surface area contributed by atoms with Gasteiger partial charge in [-0.25, -0.2) is 8.78 Å². The van der Waals surface area contributed by atoms with Gasteiger partial charge in [-0.1, -0.05) is 18.2 Å². The molecule has 174 valence electrons. The van der Waals surface area contributed by atoms with E-state index in [1.165, 1.54) is 18.2 Å². The summed E-state index contributed by atoms with van der Waals surface area (Å²) >= 11 is 0. The Balaban J connectivity index is 1.34. The van der Waals surface area contributed by atoms with Crippen LogP contribution in [0.1, 0.15) is 36.8 Å². The molecule has 32 heavy (non-hydrogen) atoms. The molecule has 1 aliphatic heterocycles. The van der Waals surface area contributed by atoms with Crippen molar-refractivity contribution in [1.29, 1.82) is 0 Å². The van der Waals surface area contributed by atoms with Crippen molar-refractivity contribution in [2.24, 2.45) is 0 Å². The van der Waals surface area contributed by atoms with Gasteiger partial charge in [-0.15, -0.1) is 0 Å². The molecule has 1 saturated heterocycles. The highest BCUT2D eigenvalue weighted by Crippen LogP contribution is 2.30. The molecule has 0 atom stereocenters. The number of hydrogen-bond acceptors (Lipinski definition) is 3. The van der Waals surface area contributed by atoms with Crippen molar-refractivity contribution < 1.29 is 31.5 Å². The van der Waals surface area contributed by atoms with E-state index in [0.29, 0.717) is 44.5 Å². The number of rotatable bonds is 8. The molecule has 2 aromatic rings. The highest BCUT2D eigenvalue weighted by molar-refractivity contribution is 5.76. The zero-order valence-electron chi connectivity index (χ0n) is 17.4. The lowest BCUT2D eigenvalue weighted by atomic mass is 10.0. The van der Waals surface area contributed by atoms with Crippen LogP contribution in [-0.2, 0) is 17.5 Å². The number of nitrogens with one attached hydrogen (secondary N) is 1. The number of alkyl halides is 3. The molecule has 4 nitrogen and oxygen atoms in total. The number of benzene rings is 2. The SMILES string of the molecule is O=C(CCCOc1ccc(F)cc1F)NC1CCN(Cc2cccc(C(F)(F)F)c2)CC1. The summed E-state index contributed by atoms with van der Waals surface area (Å²) in [7, 11) is 0. The van der Waals surface area contributed by atoms with Gasteiger partial charge >= 0.3 is 6.18 Å². The Hall–Kier alpha value is -2.68. The standard InChI is InChI=1S/C23H25F5N2O2/c24-18-6-7-21(20(25)14-18)32-12-2-5-22(31)29-19-8-10-30(11-9-19)15-16-3-1-4-17(13-16)23(26,27)28/h1,3-4,6-7,13-14,19H,2,5,8-12,15H2,(H,29,31). The van der Waals surface area contributed by atoms with Gasteiger partial charge in [0.15, 0.2) is 11.6 Å². The molecule has 1 amide bonds. The quantitative estimate of drug-likeness (QED) is 0.453. The minimum absolute atomic E-state index is 0.00993. The molecule has 0 bridgehead atoms. The lowest BCUT2D eigenvalue weighted by Gasteiger charge is -2.32. The molecule has 0 radical (unpaired) electrons. The average molecular weight is 456 g/mol. The second-order valence-electron chi connectivity index (χ2n) is 7.84. The Morgan fingerprint density at radius 1 is 1.09 bits per heavy atom. The third-order valence-electron chi connectivity index (χ3n) is 5.31. The molecule has 1 aliphatic rings. The number of carbonyl (C=O) groups is 1. The van der Waals surface area contributed by atoms with Gasteiger partial charge in [-0.3, -0.25) is 9.69 Å². The van der Waals surface area contributed by atoms with Gasteiger partial charge in [0.25, 0.3) is 0 Å². The van der Waals surface area contributed by atoms with Crippen molar-refractivity contribution in [3.63, 3.8) is 0 Å². The van der Waals surface area contributed by atoms with E-state index < -0.39 is 23.4 Å². The predicted octanol–water partition coefficient (Wildman–Crippen LogP) is 4.92. The van der Waals surface area contributed by atoms with E-state index in [1.54, 1.807) is 6.07 Å². The van der Waals surface area contributed by atoms with Gasteiger partial charge in [0, 0.05) is 38.2 Å². The zero-order valence-corrected chi connectivity index (χ0v) is 17.4. The molecular formula is C23H25F5N2O2. The maximum atomic E-state index is 13.5. The maximum Gasteiger partial charge on any atom is 0.416 e. The lowest BCUT2D eigenvalue weighted by Crippen LogP contribution is -2.44. The summed E-state index contributed by atoms with van der Waals surface area (Å²) in [4.78, 5) is 14.2. The van der Waals surface area contributed by atoms with Crippen LogP contribution in [0, 0.1) is 11.6 Å². The maximum absolute atomic E-state index is 13.5. The van der Waals surface area contributed by atoms with Crippen molar-refractivity contribution in [3.05, 3.63) is 65.2 Å². The number of hydrogen-bond donors (Lipinski definition) is 1. The molecule has 0 aliphatic carbocycles. The average Bonchev–Trinajstić information content (AvgIpc) is 2.73. The second-order valence-corrected chi connectivity index (χ2v) is 7.84. The molecule has 1 fully saturated rings. The van der Waals surface area contributed by atoms with Gasteiger partial charge < -0.3 is 10.1 Å². The summed E-state index contributed by atoms with van der Waals surface area (Å²) in [6.07, 6.45) is -2.33. The minimum atomic E-state index is -4.36. The van der Waals surface area contributed by atoms with E-state index in [2.05, 4.69) is 10.2 Å². The molecule has 0 saturated carbocycles. The lowest BCUT2D eigenvalue weighted by molar-refractivity contribution is -0.137. The Kier molecular flexibility index (Phi) is 8.06. The summed E-state index contributed by atoms with van der Waals surface area (Å²) < 4.78 is 70.2. The monoisotopic (exact) mass is 456 g/mol. The number of carbonyl (C=O) groups excluding carboxylic acids is 1. The van der Waals surface area contributed by atoms with E-state index in [9.17, 15) is 26.7 Å². The van der Waals surface area contributed by atoms with Gasteiger partial charge in [0.1, 0.15) is 5.82 Å². The smallest absolute Gasteiger partial charge is 0.416 e. The van der Waals surface area contributed by atoms with Crippen LogP contribution in [0.5, 0.6) is 5.75 Å². The summed E-state index contributed by atoms with van der Waals surface area (Å²) in [5.74, 6) is -1.66. The summed E-state index contributed by atoms with van der Waals surface area (Å²) in [6.45, 7) is 1.91. The number of piperidine rings is 1. The third kappa shape index (κ3) is 7.19. The first-order chi connectivity index (χ1) is 15.2. The molecule has 9 heteroatoms. The highest BCUT2D eigenvalue weighted by atomic mass is 19.4. The van der Waals surface area contributed by atoms with Gasteiger partial charge in [0.2, 0.25) is 5.91 Å². The van der Waals surface area contributed by atoms with Crippen LogP contribution in [0.3, 0.4) is 0 Å². The van der Waals surface area contributed by atoms with Crippen molar-refractivity contribution in [2.75, 3.05) is 19.7 Å². The Bertz CT molecular complexity index is 912. The first kappa shape index (κ1) is 24.0. The molecular weight excluding hydrogens is 431 g/mol. The van der Waals surface area contributed by atoms with Gasteiger partial charge in [-0.05, 0) is 43.0 Å². The van der Waals surface area contributed by atoms with E-state index in [1.807, 2.05) is 0 Å². The topological polar surface area (TPSA) is 41.6 Å². The first-order valence-electron chi connectivity index (χ1n) is 10.5. The number of amides is 1. The zero-order chi connectivity index (χ0) is 23.1. The van der Waals surface area contributed by atoms with Gasteiger partial charge in [0.05, 0.1) is 12.2 Å². The third-order valence-corrected chi connectivity index (χ3v) is 5.31. The number of ether oxygens (including phenoxy) is 1. The molecule has 1 N–H and O–H groups in total. The van der Waals surface area contributed by atoms with E-state index >= 15 is 0 Å². The molecule has 2 aromatic carbocycles. The van der Waals surface area contributed by atoms with Crippen molar-refractivity contribution in [3.8, 4) is 5.75 Å². The van der Waals surface area contributed by atoms with Crippen molar-refractivity contribution in [1.82, 2.24) is 10.2 Å². The fourth-order valence-electron chi connectivity index (χ4n) is 3.65. The normalized spacial score (nSPS) is 15.5. The molecule has 3 rings (SSSR count). The number of nitrogens with zero attached hydrogens (tertiary/aromatic N) is 1. The minimum Gasteiger partial charge on any atom is -0.491 e. The van der Waals surface area contributed by atoms with Gasteiger partial charge in [-0.2, -0.15) is 13.2 Å². The van der Waals surface area contributed by atoms with Crippen LogP contribution in [0.4, 0.5) is 22.0 Å². The van der Waals surface area contributed by atoms with E-state index in [4.69, 9.17) is 4.74 Å². The molecule has 1 heterocycles. The van der Waals surface area contributed by atoms with Crippen LogP contribution in [0.25, 0.3) is 0 Å². The fourth-order valence-corrected chi connectivity index (χ4v) is 3.65. The van der Waals surface area contributed by atoms with E-state index in [0.717, 1.165) is 18.2 Å². The highest BCUT2D eigenvalue weighted by Gasteiger charge is 2.30. The molecule has 0 spiro atoms. The first-order valence-corrected chi connectivity index (χ1v) is 10.5. The molecule has 0 aromatic heterocycles. The Morgan fingerprint density at radius 2 is 1.84 bits per heavy atom. The van der Waals surface area contributed by atoms with E-state index in [-0.39, 0.29) is 30.7 Å².